The number of carbonyl (C=O) groups is 2. The molecule has 0 aromatic heterocycles. The van der Waals surface area contributed by atoms with Gasteiger partial charge >= 0.3 is 11.9 Å². The van der Waals surface area contributed by atoms with Crippen LogP contribution in [0.1, 0.15) is 18.1 Å². The van der Waals surface area contributed by atoms with E-state index in [0.29, 0.717) is 11.1 Å². The molecule has 0 aliphatic carbocycles. The molecule has 0 bridgehead atoms. The van der Waals surface area contributed by atoms with Crippen LogP contribution in [0.15, 0.2) is 60.7 Å². The topological polar surface area (TPSA) is 74.6 Å². The summed E-state index contributed by atoms with van der Waals surface area (Å²) >= 11 is 0. The van der Waals surface area contributed by atoms with Crippen molar-refractivity contribution in [3.63, 3.8) is 0 Å². The summed E-state index contributed by atoms with van der Waals surface area (Å²) < 4.78 is 0. The molecule has 2 N–H and O–H groups in total. The quantitative estimate of drug-likeness (QED) is 0.885. The van der Waals surface area contributed by atoms with Crippen molar-refractivity contribution in [2.75, 3.05) is 0 Å². The number of carboxylic acid groups (broad SMARTS) is 2. The fraction of sp³-hybridized carbons (Fsp3) is 0.176. The SMILES string of the molecule is CC(C(=O)O)C(C(=O)O)(c1ccccc1)c1ccccc1. The third-order valence-corrected chi connectivity index (χ3v) is 3.82. The Bertz CT molecular complexity index is 595. The Morgan fingerprint density at radius 3 is 1.52 bits per heavy atom. The summed E-state index contributed by atoms with van der Waals surface area (Å²) in [6, 6.07) is 17.0. The average Bonchev–Trinajstić information content (AvgIpc) is 2.49. The normalized spacial score (nSPS) is 12.6. The van der Waals surface area contributed by atoms with Crippen LogP contribution < -0.4 is 0 Å². The molecule has 0 aliphatic heterocycles. The molecule has 0 radical (unpaired) electrons. The van der Waals surface area contributed by atoms with E-state index in [0.717, 1.165) is 0 Å². The van der Waals surface area contributed by atoms with Gasteiger partial charge in [-0.05, 0) is 11.1 Å². The van der Waals surface area contributed by atoms with Gasteiger partial charge in [-0.25, -0.2) is 0 Å². The summed E-state index contributed by atoms with van der Waals surface area (Å²) in [5.41, 5.74) is -0.703. The van der Waals surface area contributed by atoms with E-state index in [-0.39, 0.29) is 0 Å². The maximum absolute atomic E-state index is 12.1. The van der Waals surface area contributed by atoms with Crippen molar-refractivity contribution in [2.45, 2.75) is 12.3 Å². The van der Waals surface area contributed by atoms with Gasteiger partial charge in [0.15, 0.2) is 0 Å². The van der Waals surface area contributed by atoms with Crippen molar-refractivity contribution < 1.29 is 19.8 Å². The van der Waals surface area contributed by atoms with Crippen molar-refractivity contribution in [3.8, 4) is 0 Å². The van der Waals surface area contributed by atoms with Gasteiger partial charge in [0.05, 0.1) is 5.92 Å². The van der Waals surface area contributed by atoms with Gasteiger partial charge in [-0.15, -0.1) is 0 Å². The maximum atomic E-state index is 12.1. The smallest absolute Gasteiger partial charge is 0.319 e. The molecule has 2 rings (SSSR count). The molecular formula is C17H16O4. The highest BCUT2D eigenvalue weighted by Gasteiger charge is 2.50. The average molecular weight is 284 g/mol. The summed E-state index contributed by atoms with van der Waals surface area (Å²) in [5, 5.41) is 19.3. The zero-order valence-corrected chi connectivity index (χ0v) is 11.6. The lowest BCUT2D eigenvalue weighted by Crippen LogP contribution is -2.46. The van der Waals surface area contributed by atoms with Crippen LogP contribution in [0.25, 0.3) is 0 Å². The van der Waals surface area contributed by atoms with Gasteiger partial charge in [-0.2, -0.15) is 0 Å². The van der Waals surface area contributed by atoms with E-state index in [1.54, 1.807) is 60.7 Å². The molecule has 2 aromatic carbocycles. The van der Waals surface area contributed by atoms with E-state index in [4.69, 9.17) is 0 Å². The molecule has 0 spiro atoms. The number of aliphatic carboxylic acids is 2. The first-order chi connectivity index (χ1) is 10.0. The minimum atomic E-state index is -1.62. The van der Waals surface area contributed by atoms with Crippen molar-refractivity contribution >= 4 is 11.9 Å². The summed E-state index contributed by atoms with van der Waals surface area (Å²) in [6.07, 6.45) is 0. The molecule has 4 nitrogen and oxygen atoms in total. The highest BCUT2D eigenvalue weighted by Crippen LogP contribution is 2.40. The van der Waals surface area contributed by atoms with Crippen molar-refractivity contribution in [1.82, 2.24) is 0 Å². The van der Waals surface area contributed by atoms with Crippen LogP contribution in [-0.4, -0.2) is 22.2 Å². The lowest BCUT2D eigenvalue weighted by atomic mass is 9.66. The van der Waals surface area contributed by atoms with E-state index in [1.165, 1.54) is 6.92 Å². The van der Waals surface area contributed by atoms with Crippen LogP contribution in [0, 0.1) is 5.92 Å². The minimum Gasteiger partial charge on any atom is -0.481 e. The second-order valence-electron chi connectivity index (χ2n) is 4.91. The van der Waals surface area contributed by atoms with E-state index < -0.39 is 23.3 Å². The first kappa shape index (κ1) is 14.8. The molecule has 4 heteroatoms. The predicted molar refractivity (Wildman–Crippen MR) is 78.1 cm³/mol. The predicted octanol–water partition coefficient (Wildman–Crippen LogP) is 2.78. The maximum Gasteiger partial charge on any atom is 0.319 e. The van der Waals surface area contributed by atoms with Gasteiger partial charge in [-0.1, -0.05) is 67.6 Å². The zero-order valence-electron chi connectivity index (χ0n) is 11.6. The number of hydrogen-bond acceptors (Lipinski definition) is 2. The Morgan fingerprint density at radius 1 is 0.857 bits per heavy atom. The van der Waals surface area contributed by atoms with E-state index >= 15 is 0 Å². The van der Waals surface area contributed by atoms with Gasteiger partial charge in [0, 0.05) is 0 Å². The highest BCUT2D eigenvalue weighted by molar-refractivity contribution is 5.92. The molecule has 21 heavy (non-hydrogen) atoms. The molecule has 0 fully saturated rings. The Hall–Kier alpha value is -2.62. The summed E-state index contributed by atoms with van der Waals surface area (Å²) in [4.78, 5) is 23.6. The molecule has 2 aromatic rings. The Balaban J connectivity index is 2.79. The van der Waals surface area contributed by atoms with Crippen LogP contribution in [0.5, 0.6) is 0 Å². The third-order valence-electron chi connectivity index (χ3n) is 3.82. The van der Waals surface area contributed by atoms with E-state index in [9.17, 15) is 19.8 Å². The Kier molecular flexibility index (Phi) is 4.08. The summed E-state index contributed by atoms with van der Waals surface area (Å²) in [5.74, 6) is -3.43. The van der Waals surface area contributed by atoms with E-state index in [1.807, 2.05) is 0 Å². The molecule has 108 valence electrons. The number of rotatable bonds is 5. The second-order valence-corrected chi connectivity index (χ2v) is 4.91. The standard InChI is InChI=1S/C17H16O4/c1-12(15(18)19)17(16(20)21,13-8-4-2-5-9-13)14-10-6-3-7-11-14/h2-12H,1H3,(H,18,19)(H,20,21). The lowest BCUT2D eigenvalue weighted by molar-refractivity contribution is -0.153. The van der Waals surface area contributed by atoms with Gasteiger partial charge in [-0.3, -0.25) is 9.59 Å². The summed E-state index contributed by atoms with van der Waals surface area (Å²) in [6.45, 7) is 1.43. The first-order valence-corrected chi connectivity index (χ1v) is 6.58. The van der Waals surface area contributed by atoms with Gasteiger partial charge < -0.3 is 10.2 Å². The largest absolute Gasteiger partial charge is 0.481 e. The number of benzene rings is 2. The fourth-order valence-corrected chi connectivity index (χ4v) is 2.69. The van der Waals surface area contributed by atoms with E-state index in [2.05, 4.69) is 0 Å². The van der Waals surface area contributed by atoms with Crippen LogP contribution in [0.2, 0.25) is 0 Å². The molecule has 0 amide bonds. The molecule has 0 saturated heterocycles. The fourth-order valence-electron chi connectivity index (χ4n) is 2.69. The molecule has 0 aliphatic rings. The molecular weight excluding hydrogens is 268 g/mol. The molecule has 0 saturated carbocycles. The van der Waals surface area contributed by atoms with Crippen LogP contribution in [-0.2, 0) is 15.0 Å². The van der Waals surface area contributed by atoms with Gasteiger partial charge in [0.2, 0.25) is 0 Å². The Labute approximate surface area is 122 Å². The lowest BCUT2D eigenvalue weighted by Gasteiger charge is -2.34. The molecule has 0 heterocycles. The molecule has 1 atom stereocenters. The van der Waals surface area contributed by atoms with Crippen LogP contribution in [0.4, 0.5) is 0 Å². The first-order valence-electron chi connectivity index (χ1n) is 6.58. The highest BCUT2D eigenvalue weighted by atomic mass is 16.4. The number of carboxylic acids is 2. The number of hydrogen-bond donors (Lipinski definition) is 2. The monoisotopic (exact) mass is 284 g/mol. The van der Waals surface area contributed by atoms with Crippen LogP contribution >= 0.6 is 0 Å². The van der Waals surface area contributed by atoms with Crippen molar-refractivity contribution in [2.24, 2.45) is 5.92 Å². The van der Waals surface area contributed by atoms with Gasteiger partial charge in [0.25, 0.3) is 0 Å². The van der Waals surface area contributed by atoms with Crippen molar-refractivity contribution in [1.29, 1.82) is 0 Å². The zero-order chi connectivity index (χ0) is 15.5. The minimum absolute atomic E-state index is 0.457. The summed E-state index contributed by atoms with van der Waals surface area (Å²) in [7, 11) is 0. The Morgan fingerprint density at radius 2 is 1.24 bits per heavy atom. The van der Waals surface area contributed by atoms with Gasteiger partial charge in [0.1, 0.15) is 5.41 Å². The van der Waals surface area contributed by atoms with Crippen molar-refractivity contribution in [3.05, 3.63) is 71.8 Å². The molecule has 1 unspecified atom stereocenters. The second kappa shape index (κ2) is 5.79. The third kappa shape index (κ3) is 2.40. The van der Waals surface area contributed by atoms with Crippen LogP contribution in [0.3, 0.4) is 0 Å².